The number of hydrogen-bond acceptors (Lipinski definition) is 13. The molecule has 296 valence electrons. The quantitative estimate of drug-likeness (QED) is 0.0333. The van der Waals surface area contributed by atoms with Crippen molar-refractivity contribution < 1.29 is 50.4 Å². The minimum Gasteiger partial charge on any atom is -0.460 e. The van der Waals surface area contributed by atoms with E-state index in [0.717, 1.165) is 28.3 Å². The summed E-state index contributed by atoms with van der Waals surface area (Å²) in [6, 6.07) is 29.4. The van der Waals surface area contributed by atoms with Crippen molar-refractivity contribution in [2.75, 3.05) is 26.4 Å². The fourth-order valence-electron chi connectivity index (χ4n) is 4.88. The molecule has 14 heteroatoms. The van der Waals surface area contributed by atoms with Crippen LogP contribution in [0.15, 0.2) is 146 Å². The minimum absolute atomic E-state index is 0. The molecule has 13 nitrogen and oxygen atoms in total. The van der Waals surface area contributed by atoms with Crippen LogP contribution in [-0.2, 0) is 52.2 Å². The normalized spacial score (nSPS) is 10.2. The average Bonchev–Trinajstić information content (AvgIpc) is 3.26. The number of esters is 3. The summed E-state index contributed by atoms with van der Waals surface area (Å²) < 4.78 is 20.8. The molecule has 0 fully saturated rings. The molecule has 6 rings (SSSR count). The van der Waals surface area contributed by atoms with Gasteiger partial charge in [-0.05, 0) is 92.2 Å². The zero-order valence-corrected chi connectivity index (χ0v) is 33.0. The van der Waals surface area contributed by atoms with E-state index in [0.29, 0.717) is 47.1 Å². The number of pyridine rings is 6. The van der Waals surface area contributed by atoms with Gasteiger partial charge in [0.05, 0.1) is 64.3 Å². The summed E-state index contributed by atoms with van der Waals surface area (Å²) in [4.78, 5) is 61.9. The fraction of sp³-hybridized carbons (Fsp3) is 0.159. The summed E-state index contributed by atoms with van der Waals surface area (Å²) in [5, 5.41) is 0. The molecular formula is C44H40FeN6O7. The maximum absolute atomic E-state index is 12.5. The number of ether oxygens (including phenoxy) is 4. The zero-order chi connectivity index (χ0) is 40.4. The summed E-state index contributed by atoms with van der Waals surface area (Å²) in [5.74, 6) is -1.50. The van der Waals surface area contributed by atoms with Crippen molar-refractivity contribution in [3.8, 4) is 45.6 Å². The van der Waals surface area contributed by atoms with E-state index in [-0.39, 0.29) is 42.5 Å². The van der Waals surface area contributed by atoms with E-state index in [9.17, 15) is 14.4 Å². The summed E-state index contributed by atoms with van der Waals surface area (Å²) in [7, 11) is 0. The first kappa shape index (κ1) is 44.0. The topological polar surface area (TPSA) is 165 Å². The molecule has 0 unspecified atom stereocenters. The number of hydrogen-bond donors (Lipinski definition) is 0. The van der Waals surface area contributed by atoms with E-state index in [4.69, 9.17) is 23.9 Å². The Morgan fingerprint density at radius 1 is 0.500 bits per heavy atom. The van der Waals surface area contributed by atoms with Gasteiger partial charge in [0.1, 0.15) is 19.8 Å². The van der Waals surface area contributed by atoms with Crippen molar-refractivity contribution in [1.82, 2.24) is 29.9 Å². The van der Waals surface area contributed by atoms with Crippen LogP contribution in [0.25, 0.3) is 45.6 Å². The Hall–Kier alpha value is -6.73. The molecule has 0 spiro atoms. The SMILES string of the molecule is C=C(C)C(=O)OCCOC(=O)c1cc(-c2ccccn2)nc(-c2ccccn2)c1.C=C(C)C(=O)OCCOCc1cc(-c2ccccn2)nc(-c2ccccn2)c1.[Fe]. The zero-order valence-electron chi connectivity index (χ0n) is 31.9. The number of nitrogens with zero attached hydrogens (tertiary/aromatic N) is 6. The van der Waals surface area contributed by atoms with Crippen molar-refractivity contribution >= 4 is 17.9 Å². The van der Waals surface area contributed by atoms with Crippen LogP contribution >= 0.6 is 0 Å². The largest absolute Gasteiger partial charge is 0.460 e. The van der Waals surface area contributed by atoms with E-state index in [1.165, 1.54) is 0 Å². The molecule has 0 aromatic carbocycles. The molecule has 0 saturated carbocycles. The molecule has 6 heterocycles. The first-order chi connectivity index (χ1) is 27.7. The summed E-state index contributed by atoms with van der Waals surface area (Å²) in [5.41, 5.74) is 7.21. The van der Waals surface area contributed by atoms with Crippen LogP contribution < -0.4 is 0 Å². The Morgan fingerprint density at radius 2 is 0.862 bits per heavy atom. The average molecular weight is 821 g/mol. The second-order valence-electron chi connectivity index (χ2n) is 12.3. The molecule has 0 saturated heterocycles. The van der Waals surface area contributed by atoms with E-state index < -0.39 is 17.9 Å². The van der Waals surface area contributed by atoms with Crippen molar-refractivity contribution in [2.24, 2.45) is 0 Å². The van der Waals surface area contributed by atoms with Gasteiger partial charge < -0.3 is 18.9 Å². The van der Waals surface area contributed by atoms with Crippen molar-refractivity contribution in [3.63, 3.8) is 0 Å². The molecule has 0 N–H and O–H groups in total. The molecule has 0 atom stereocenters. The molecule has 6 aromatic heterocycles. The van der Waals surface area contributed by atoms with Gasteiger partial charge >= 0.3 is 17.9 Å². The Bertz CT molecular complexity index is 2180. The molecule has 0 aliphatic heterocycles. The van der Waals surface area contributed by atoms with Crippen LogP contribution in [-0.4, -0.2) is 74.2 Å². The van der Waals surface area contributed by atoms with Crippen LogP contribution in [0.4, 0.5) is 0 Å². The van der Waals surface area contributed by atoms with Crippen LogP contribution in [0, 0.1) is 0 Å². The Labute approximate surface area is 346 Å². The van der Waals surface area contributed by atoms with E-state index >= 15 is 0 Å². The predicted octanol–water partition coefficient (Wildman–Crippen LogP) is 7.32. The van der Waals surface area contributed by atoms with Gasteiger partial charge in [0.15, 0.2) is 0 Å². The minimum atomic E-state index is -0.562. The van der Waals surface area contributed by atoms with Crippen LogP contribution in [0.1, 0.15) is 29.8 Å². The summed E-state index contributed by atoms with van der Waals surface area (Å²) in [6.07, 6.45) is 6.77. The Balaban J connectivity index is 0.000000252. The monoisotopic (exact) mass is 820 g/mol. The van der Waals surface area contributed by atoms with Gasteiger partial charge in [-0.25, -0.2) is 24.4 Å². The van der Waals surface area contributed by atoms with Crippen molar-refractivity contribution in [1.29, 1.82) is 0 Å². The number of rotatable bonds is 15. The van der Waals surface area contributed by atoms with Gasteiger partial charge in [-0.1, -0.05) is 37.4 Å². The molecule has 6 aromatic rings. The second kappa shape index (κ2) is 22.7. The fourth-order valence-corrected chi connectivity index (χ4v) is 4.88. The van der Waals surface area contributed by atoms with Crippen LogP contribution in [0.5, 0.6) is 0 Å². The number of aromatic nitrogens is 6. The third-order valence-corrected chi connectivity index (χ3v) is 7.63. The van der Waals surface area contributed by atoms with E-state index in [1.807, 2.05) is 60.7 Å². The maximum atomic E-state index is 12.5. The first-order valence-corrected chi connectivity index (χ1v) is 17.8. The van der Waals surface area contributed by atoms with Crippen LogP contribution in [0.2, 0.25) is 0 Å². The standard InChI is InChI=1S/C22H19N3O4.C22H21N3O3.Fe/c1-15(2)21(26)28-11-12-29-22(27)16-13-19(17-7-3-5-9-23-17)25-20(14-16)18-8-4-6-10-24-18;1-16(2)22(26)28-12-11-27-15-17-13-20(18-7-3-5-9-23-18)25-21(14-17)19-8-4-6-10-24-19;/h3-10,13-14H,1,11-12H2,2H3;3-10,13-14H,1,11-12,15H2,2H3;. The van der Waals surface area contributed by atoms with Crippen molar-refractivity contribution in [2.45, 2.75) is 20.5 Å². The van der Waals surface area contributed by atoms with Crippen LogP contribution in [0.3, 0.4) is 0 Å². The number of carbonyl (C=O) groups excluding carboxylic acids is 3. The first-order valence-electron chi connectivity index (χ1n) is 17.8. The molecule has 0 amide bonds. The van der Waals surface area contributed by atoms with Crippen molar-refractivity contribution in [3.05, 3.63) is 157 Å². The van der Waals surface area contributed by atoms with E-state index in [2.05, 4.69) is 38.1 Å². The predicted molar refractivity (Wildman–Crippen MR) is 213 cm³/mol. The molecular weight excluding hydrogens is 780 g/mol. The van der Waals surface area contributed by atoms with Gasteiger partial charge in [0.2, 0.25) is 0 Å². The van der Waals surface area contributed by atoms with Gasteiger partial charge in [0, 0.05) is 53.0 Å². The maximum Gasteiger partial charge on any atom is 0.338 e. The summed E-state index contributed by atoms with van der Waals surface area (Å²) >= 11 is 0. The Morgan fingerprint density at radius 3 is 1.22 bits per heavy atom. The molecule has 0 aliphatic carbocycles. The molecule has 58 heavy (non-hydrogen) atoms. The third kappa shape index (κ3) is 13.5. The van der Waals surface area contributed by atoms with Gasteiger partial charge in [-0.15, -0.1) is 0 Å². The smallest absolute Gasteiger partial charge is 0.338 e. The van der Waals surface area contributed by atoms with Gasteiger partial charge in [-0.3, -0.25) is 19.9 Å². The molecule has 0 bridgehead atoms. The van der Waals surface area contributed by atoms with Gasteiger partial charge in [0.25, 0.3) is 0 Å². The van der Waals surface area contributed by atoms with Gasteiger partial charge in [-0.2, -0.15) is 0 Å². The van der Waals surface area contributed by atoms with E-state index in [1.54, 1.807) is 75.0 Å². The number of carbonyl (C=O) groups is 3. The third-order valence-electron chi connectivity index (χ3n) is 7.63. The second-order valence-corrected chi connectivity index (χ2v) is 12.3. The summed E-state index contributed by atoms with van der Waals surface area (Å²) in [6.45, 7) is 10.9. The molecule has 0 aliphatic rings. The Kier molecular flexibility index (Phi) is 17.2. The molecule has 0 radical (unpaired) electrons.